The van der Waals surface area contributed by atoms with Gasteiger partial charge in [-0.15, -0.1) is 4.40 Å². The van der Waals surface area contributed by atoms with Crippen LogP contribution in [0.3, 0.4) is 0 Å². The van der Waals surface area contributed by atoms with E-state index in [1.165, 1.54) is 7.11 Å². The third-order valence-electron chi connectivity index (χ3n) is 4.35. The Kier molecular flexibility index (Phi) is 5.33. The Morgan fingerprint density at radius 3 is 3.04 bits per heavy atom. The van der Waals surface area contributed by atoms with Crippen LogP contribution in [0, 0.1) is 5.92 Å². The number of fused-ring (bicyclic) bond motifs is 1. The molecule has 0 bridgehead atoms. The van der Waals surface area contributed by atoms with E-state index < -0.39 is 10.2 Å². The molecule has 26 heavy (non-hydrogen) atoms. The minimum absolute atomic E-state index is 0.0277. The summed E-state index contributed by atoms with van der Waals surface area (Å²) in [4.78, 5) is 13.8. The number of nitrogens with two attached hydrogens (primary N) is 1. The van der Waals surface area contributed by atoms with E-state index in [2.05, 4.69) is 9.12 Å². The largest absolute Gasteiger partial charge is 0.492 e. The van der Waals surface area contributed by atoms with E-state index in [0.29, 0.717) is 30.2 Å². The van der Waals surface area contributed by atoms with E-state index in [1.807, 2.05) is 0 Å². The molecule has 0 radical (unpaired) electrons. The molecule has 0 saturated carbocycles. The first kappa shape index (κ1) is 18.5. The second-order valence-electron chi connectivity index (χ2n) is 6.32. The molecule has 0 spiro atoms. The maximum Gasteiger partial charge on any atom is 0.344 e. The van der Waals surface area contributed by atoms with Crippen LogP contribution < -0.4 is 15.2 Å². The molecule has 9 nitrogen and oxygen atoms in total. The van der Waals surface area contributed by atoms with Gasteiger partial charge in [-0.25, -0.2) is 0 Å². The molecule has 1 amide bonds. The van der Waals surface area contributed by atoms with Crippen molar-refractivity contribution >= 4 is 27.6 Å². The van der Waals surface area contributed by atoms with E-state index in [4.69, 9.17) is 15.2 Å². The van der Waals surface area contributed by atoms with Gasteiger partial charge in [-0.3, -0.25) is 9.52 Å². The first-order valence-electron chi connectivity index (χ1n) is 8.30. The molecule has 2 heterocycles. The predicted molar refractivity (Wildman–Crippen MR) is 96.4 cm³/mol. The van der Waals surface area contributed by atoms with Crippen LogP contribution in [0.5, 0.6) is 5.75 Å². The molecule has 1 saturated heterocycles. The molecule has 3 rings (SSSR count). The lowest BCUT2D eigenvalue weighted by molar-refractivity contribution is -0.137. The lowest BCUT2D eigenvalue weighted by atomic mass is 9.99. The quantitative estimate of drug-likeness (QED) is 0.756. The summed E-state index contributed by atoms with van der Waals surface area (Å²) in [5, 5.41) is 0. The number of nitrogens with one attached hydrogen (secondary N) is 1. The first-order chi connectivity index (χ1) is 12.4. The number of amides is 1. The van der Waals surface area contributed by atoms with Gasteiger partial charge >= 0.3 is 10.2 Å². The summed E-state index contributed by atoms with van der Waals surface area (Å²) in [6.45, 7) is 1.80. The summed E-state index contributed by atoms with van der Waals surface area (Å²) in [7, 11) is -2.32. The van der Waals surface area contributed by atoms with E-state index in [1.54, 1.807) is 23.1 Å². The highest BCUT2D eigenvalue weighted by Crippen LogP contribution is 2.31. The number of hydrogen-bond acceptors (Lipinski definition) is 6. The van der Waals surface area contributed by atoms with Crippen molar-refractivity contribution in [3.05, 3.63) is 23.8 Å². The van der Waals surface area contributed by atoms with Crippen LogP contribution in [0.2, 0.25) is 0 Å². The zero-order chi connectivity index (χ0) is 18.7. The van der Waals surface area contributed by atoms with Crippen LogP contribution in [0.4, 0.5) is 5.69 Å². The van der Waals surface area contributed by atoms with E-state index in [0.717, 1.165) is 19.4 Å². The molecule has 2 aliphatic rings. The Morgan fingerprint density at radius 2 is 2.27 bits per heavy atom. The molecule has 1 unspecified atom stereocenters. The Labute approximate surface area is 152 Å². The van der Waals surface area contributed by atoms with Crippen molar-refractivity contribution in [1.29, 1.82) is 0 Å². The summed E-state index contributed by atoms with van der Waals surface area (Å²) in [5.41, 5.74) is 6.59. The van der Waals surface area contributed by atoms with Gasteiger partial charge in [-0.1, -0.05) is 6.07 Å². The minimum Gasteiger partial charge on any atom is -0.492 e. The van der Waals surface area contributed by atoms with Gasteiger partial charge in [0.1, 0.15) is 12.4 Å². The normalized spacial score (nSPS) is 21.3. The van der Waals surface area contributed by atoms with Gasteiger partial charge in [-0.05, 0) is 25.0 Å². The Hall–Kier alpha value is -2.33. The van der Waals surface area contributed by atoms with E-state index >= 15 is 0 Å². The molecule has 3 N–H and O–H groups in total. The zero-order valence-corrected chi connectivity index (χ0v) is 15.3. The highest BCUT2D eigenvalue weighted by molar-refractivity contribution is 7.91. The Balaban J connectivity index is 1.69. The van der Waals surface area contributed by atoms with Gasteiger partial charge < -0.3 is 20.1 Å². The number of methoxy groups -OCH3 is 1. The van der Waals surface area contributed by atoms with E-state index in [9.17, 15) is 13.2 Å². The number of anilines is 1. The van der Waals surface area contributed by atoms with Crippen molar-refractivity contribution in [2.45, 2.75) is 12.8 Å². The van der Waals surface area contributed by atoms with Gasteiger partial charge in [-0.2, -0.15) is 8.42 Å². The maximum atomic E-state index is 12.0. The lowest BCUT2D eigenvalue weighted by Gasteiger charge is -2.32. The summed E-state index contributed by atoms with van der Waals surface area (Å²) in [5.74, 6) is 0.514. The number of hydrogen-bond donors (Lipinski definition) is 2. The topological polar surface area (TPSA) is 123 Å². The second kappa shape index (κ2) is 7.50. The number of ether oxygens (including phenoxy) is 2. The molecule has 1 aromatic carbocycles. The summed E-state index contributed by atoms with van der Waals surface area (Å²) in [6.07, 6.45) is 1.85. The first-order valence-corrected chi connectivity index (χ1v) is 9.74. The van der Waals surface area contributed by atoms with Crippen molar-refractivity contribution < 1.29 is 22.7 Å². The number of piperidine rings is 1. The van der Waals surface area contributed by atoms with Crippen molar-refractivity contribution in [1.82, 2.24) is 4.90 Å². The molecular weight excluding hydrogens is 360 g/mol. The van der Waals surface area contributed by atoms with Gasteiger partial charge in [0.05, 0.1) is 17.9 Å². The number of rotatable bonds is 5. The number of carbonyl (C=O) groups is 1. The molecule has 1 atom stereocenters. The van der Waals surface area contributed by atoms with Gasteiger partial charge in [0.25, 0.3) is 0 Å². The summed E-state index contributed by atoms with van der Waals surface area (Å²) >= 11 is 0. The fourth-order valence-corrected chi connectivity index (χ4v) is 4.03. The summed E-state index contributed by atoms with van der Waals surface area (Å²) in [6, 6.07) is 5.01. The monoisotopic (exact) mass is 382 g/mol. The molecule has 1 aromatic rings. The fourth-order valence-electron chi connectivity index (χ4n) is 3.19. The van der Waals surface area contributed by atoms with Crippen LogP contribution >= 0.6 is 0 Å². The van der Waals surface area contributed by atoms with Crippen molar-refractivity contribution in [3.63, 3.8) is 0 Å². The third-order valence-corrected chi connectivity index (χ3v) is 5.27. The van der Waals surface area contributed by atoms with Crippen LogP contribution in [-0.4, -0.2) is 58.5 Å². The molecular formula is C16H22N4O5S. The maximum absolute atomic E-state index is 12.0. The molecule has 0 aliphatic carbocycles. The third kappa shape index (κ3) is 4.07. The SMILES string of the molecule is COCC(=O)N1CCCC(COc2cccc3c2C(N)=NS(=O)(=O)N3)C1. The molecule has 2 aliphatic heterocycles. The van der Waals surface area contributed by atoms with Crippen LogP contribution in [0.25, 0.3) is 0 Å². The number of nitrogens with zero attached hydrogens (tertiary/aromatic N) is 2. The lowest BCUT2D eigenvalue weighted by Crippen LogP contribution is -2.43. The highest BCUT2D eigenvalue weighted by atomic mass is 32.2. The Bertz CT molecular complexity index is 824. The van der Waals surface area contributed by atoms with Crippen LogP contribution in [0.1, 0.15) is 18.4 Å². The number of amidine groups is 1. The highest BCUT2D eigenvalue weighted by Gasteiger charge is 2.27. The average molecular weight is 382 g/mol. The number of likely N-dealkylation sites (tertiary alicyclic amines) is 1. The summed E-state index contributed by atoms with van der Waals surface area (Å²) < 4.78 is 39.9. The van der Waals surface area contributed by atoms with Crippen molar-refractivity contribution in [3.8, 4) is 5.75 Å². The van der Waals surface area contributed by atoms with Gasteiger partial charge in [0.15, 0.2) is 5.84 Å². The average Bonchev–Trinajstić information content (AvgIpc) is 2.59. The van der Waals surface area contributed by atoms with Crippen LogP contribution in [-0.2, 0) is 19.7 Å². The molecule has 10 heteroatoms. The number of carbonyl (C=O) groups excluding carboxylic acids is 1. The van der Waals surface area contributed by atoms with E-state index in [-0.39, 0.29) is 24.3 Å². The predicted octanol–water partition coefficient (Wildman–Crippen LogP) is 0.326. The minimum atomic E-state index is -3.82. The second-order valence-corrected chi connectivity index (χ2v) is 7.66. The smallest absolute Gasteiger partial charge is 0.344 e. The van der Waals surface area contributed by atoms with Crippen molar-refractivity contribution in [2.24, 2.45) is 16.0 Å². The molecule has 1 fully saturated rings. The fraction of sp³-hybridized carbons (Fsp3) is 0.500. The number of benzene rings is 1. The van der Waals surface area contributed by atoms with Crippen molar-refractivity contribution in [2.75, 3.05) is 38.1 Å². The molecule has 0 aromatic heterocycles. The standard InChI is InChI=1S/C16H22N4O5S/c1-24-10-14(21)20-7-3-4-11(8-20)9-25-13-6-2-5-12-15(13)16(17)19-26(22,23)18-12/h2,5-6,11,18H,3-4,7-10H2,1H3,(H2,17,19). The van der Waals surface area contributed by atoms with Gasteiger partial charge in [0.2, 0.25) is 5.91 Å². The Morgan fingerprint density at radius 1 is 1.46 bits per heavy atom. The molecule has 142 valence electrons. The van der Waals surface area contributed by atoms with Crippen LogP contribution in [0.15, 0.2) is 22.6 Å². The van der Waals surface area contributed by atoms with Gasteiger partial charge in [0, 0.05) is 26.1 Å². The zero-order valence-electron chi connectivity index (χ0n) is 14.5.